The second-order valence-electron chi connectivity index (χ2n) is 1.89. The molecular weight excluding hydrogens is 88.1 g/mol. The summed E-state index contributed by atoms with van der Waals surface area (Å²) in [5.41, 5.74) is 1.37. The highest BCUT2D eigenvalue weighted by Crippen LogP contribution is 2.02. The van der Waals surface area contributed by atoms with Crippen molar-refractivity contribution in [3.8, 4) is 0 Å². The fourth-order valence-electron chi connectivity index (χ4n) is 0.681. The lowest BCUT2D eigenvalue weighted by Crippen LogP contribution is -2.02. The molecule has 0 radical (unpaired) electrons. The molecule has 0 aromatic rings. The van der Waals surface area contributed by atoms with Crippen molar-refractivity contribution in [1.82, 2.24) is 0 Å². The first-order chi connectivity index (χ1) is 3.39. The Morgan fingerprint density at radius 3 is 2.86 bits per heavy atom. The molecule has 0 aromatic carbocycles. The highest BCUT2D eigenvalue weighted by Gasteiger charge is 1.94. The Balaban J connectivity index is 2.40. The molecule has 0 saturated heterocycles. The van der Waals surface area contributed by atoms with Crippen LogP contribution in [0, 0.1) is 0 Å². The molecule has 0 aromatic heterocycles. The molecule has 0 fully saturated rings. The van der Waals surface area contributed by atoms with Crippen LogP contribution in [0.25, 0.3) is 0 Å². The average Bonchev–Trinajstić information content (AvgIpc) is 1.69. The molecule has 0 bridgehead atoms. The van der Waals surface area contributed by atoms with E-state index in [0.29, 0.717) is 0 Å². The maximum atomic E-state index is 5.11. The summed E-state index contributed by atoms with van der Waals surface area (Å²) in [5.74, 6) is 0. The summed E-state index contributed by atoms with van der Waals surface area (Å²) in [7, 11) is 0. The van der Waals surface area contributed by atoms with Gasteiger partial charge in [-0.25, -0.2) is 0 Å². The minimum Gasteiger partial charge on any atom is -0.377 e. The standard InChI is InChI=1S/C6H10O/c1-6-3-2-4-7-5-6/h3H,2,4-5H2,1H3. The Bertz CT molecular complexity index is 84.2. The lowest BCUT2D eigenvalue weighted by Gasteiger charge is -2.07. The van der Waals surface area contributed by atoms with Crippen molar-refractivity contribution in [2.24, 2.45) is 0 Å². The van der Waals surface area contributed by atoms with E-state index in [1.54, 1.807) is 0 Å². The molecule has 1 heteroatoms. The second-order valence-corrected chi connectivity index (χ2v) is 1.89. The lowest BCUT2D eigenvalue weighted by atomic mass is 10.2. The summed E-state index contributed by atoms with van der Waals surface area (Å²) in [6.07, 6.45) is 3.33. The number of hydrogen-bond acceptors (Lipinski definition) is 1. The van der Waals surface area contributed by atoms with Gasteiger partial charge in [-0.1, -0.05) is 11.6 Å². The maximum Gasteiger partial charge on any atom is 0.0674 e. The average molecular weight is 98.1 g/mol. The Labute approximate surface area is 44.0 Å². The van der Waals surface area contributed by atoms with E-state index in [-0.39, 0.29) is 0 Å². The molecule has 1 nitrogen and oxygen atoms in total. The van der Waals surface area contributed by atoms with Crippen LogP contribution in [0.3, 0.4) is 0 Å². The molecule has 0 N–H and O–H groups in total. The van der Waals surface area contributed by atoms with Gasteiger partial charge in [-0.3, -0.25) is 0 Å². The minimum atomic E-state index is 0.847. The largest absolute Gasteiger partial charge is 0.377 e. The molecule has 0 unspecified atom stereocenters. The van der Waals surface area contributed by atoms with E-state index >= 15 is 0 Å². The number of rotatable bonds is 0. The highest BCUT2D eigenvalue weighted by atomic mass is 16.5. The molecule has 7 heavy (non-hydrogen) atoms. The molecular formula is C6H10O. The van der Waals surface area contributed by atoms with Crippen LogP contribution < -0.4 is 0 Å². The quantitative estimate of drug-likeness (QED) is 0.415. The van der Waals surface area contributed by atoms with Gasteiger partial charge in [0.15, 0.2) is 0 Å². The molecule has 1 heterocycles. The predicted octanol–water partition coefficient (Wildman–Crippen LogP) is 1.35. The molecule has 0 atom stereocenters. The van der Waals surface area contributed by atoms with Crippen LogP contribution in [0.4, 0.5) is 0 Å². The van der Waals surface area contributed by atoms with Crippen LogP contribution in [0.2, 0.25) is 0 Å². The van der Waals surface area contributed by atoms with E-state index in [4.69, 9.17) is 4.74 Å². The van der Waals surface area contributed by atoms with Crippen molar-refractivity contribution in [2.45, 2.75) is 13.3 Å². The fourth-order valence-corrected chi connectivity index (χ4v) is 0.681. The number of hydrogen-bond donors (Lipinski definition) is 0. The Hall–Kier alpha value is -0.300. The van der Waals surface area contributed by atoms with Crippen molar-refractivity contribution in [2.75, 3.05) is 13.2 Å². The SMILES string of the molecule is CC1=CCCOC1. The summed E-state index contributed by atoms with van der Waals surface area (Å²) < 4.78 is 5.11. The molecule has 0 amide bonds. The Kier molecular flexibility index (Phi) is 1.47. The molecule has 1 aliphatic rings. The van der Waals surface area contributed by atoms with Gasteiger partial charge in [0.25, 0.3) is 0 Å². The van der Waals surface area contributed by atoms with E-state index < -0.39 is 0 Å². The summed E-state index contributed by atoms with van der Waals surface area (Å²) in [6.45, 7) is 3.86. The molecule has 0 saturated carbocycles. The lowest BCUT2D eigenvalue weighted by molar-refractivity contribution is 0.150. The Morgan fingerprint density at radius 1 is 1.71 bits per heavy atom. The summed E-state index contributed by atoms with van der Waals surface area (Å²) in [5, 5.41) is 0. The van der Waals surface area contributed by atoms with Crippen molar-refractivity contribution >= 4 is 0 Å². The van der Waals surface area contributed by atoms with E-state index in [1.807, 2.05) is 0 Å². The topological polar surface area (TPSA) is 9.23 Å². The first-order valence-electron chi connectivity index (χ1n) is 2.63. The predicted molar refractivity (Wildman–Crippen MR) is 29.2 cm³/mol. The normalized spacial score (nSPS) is 21.6. The van der Waals surface area contributed by atoms with E-state index in [0.717, 1.165) is 19.6 Å². The first-order valence-corrected chi connectivity index (χ1v) is 2.63. The third kappa shape index (κ3) is 1.32. The van der Waals surface area contributed by atoms with Crippen molar-refractivity contribution < 1.29 is 4.74 Å². The van der Waals surface area contributed by atoms with Crippen LogP contribution in [-0.4, -0.2) is 13.2 Å². The van der Waals surface area contributed by atoms with Gasteiger partial charge in [0.1, 0.15) is 0 Å². The van der Waals surface area contributed by atoms with Crippen LogP contribution in [0.5, 0.6) is 0 Å². The second kappa shape index (κ2) is 2.12. The van der Waals surface area contributed by atoms with Gasteiger partial charge in [-0.2, -0.15) is 0 Å². The van der Waals surface area contributed by atoms with E-state index in [9.17, 15) is 0 Å². The summed E-state index contributed by atoms with van der Waals surface area (Å²) in [4.78, 5) is 0. The molecule has 40 valence electrons. The van der Waals surface area contributed by atoms with Crippen LogP contribution >= 0.6 is 0 Å². The fraction of sp³-hybridized carbons (Fsp3) is 0.667. The zero-order valence-corrected chi connectivity index (χ0v) is 4.61. The third-order valence-electron chi connectivity index (χ3n) is 1.08. The van der Waals surface area contributed by atoms with Gasteiger partial charge in [-0.05, 0) is 13.3 Å². The van der Waals surface area contributed by atoms with Gasteiger partial charge in [-0.15, -0.1) is 0 Å². The first kappa shape index (κ1) is 4.85. The third-order valence-corrected chi connectivity index (χ3v) is 1.08. The molecule has 1 rings (SSSR count). The summed E-state index contributed by atoms with van der Waals surface area (Å²) >= 11 is 0. The van der Waals surface area contributed by atoms with Crippen LogP contribution in [0.15, 0.2) is 11.6 Å². The van der Waals surface area contributed by atoms with Crippen molar-refractivity contribution in [3.05, 3.63) is 11.6 Å². The number of ether oxygens (including phenoxy) is 1. The highest BCUT2D eigenvalue weighted by molar-refractivity contribution is 5.00. The van der Waals surface area contributed by atoms with Gasteiger partial charge in [0.2, 0.25) is 0 Å². The van der Waals surface area contributed by atoms with Gasteiger partial charge >= 0.3 is 0 Å². The molecule has 0 spiro atoms. The van der Waals surface area contributed by atoms with Crippen molar-refractivity contribution in [1.29, 1.82) is 0 Å². The summed E-state index contributed by atoms with van der Waals surface area (Å²) in [6, 6.07) is 0. The zero-order valence-electron chi connectivity index (χ0n) is 4.61. The van der Waals surface area contributed by atoms with Crippen molar-refractivity contribution in [3.63, 3.8) is 0 Å². The van der Waals surface area contributed by atoms with E-state index in [1.165, 1.54) is 5.57 Å². The van der Waals surface area contributed by atoms with Gasteiger partial charge < -0.3 is 4.74 Å². The van der Waals surface area contributed by atoms with E-state index in [2.05, 4.69) is 13.0 Å². The maximum absolute atomic E-state index is 5.11. The smallest absolute Gasteiger partial charge is 0.0674 e. The Morgan fingerprint density at radius 2 is 2.57 bits per heavy atom. The zero-order chi connectivity index (χ0) is 5.11. The van der Waals surface area contributed by atoms with Crippen LogP contribution in [0.1, 0.15) is 13.3 Å². The minimum absolute atomic E-state index is 0.847. The van der Waals surface area contributed by atoms with Gasteiger partial charge in [0.05, 0.1) is 13.2 Å². The molecule has 1 aliphatic heterocycles. The van der Waals surface area contributed by atoms with Crippen LogP contribution in [-0.2, 0) is 4.74 Å². The molecule has 0 aliphatic carbocycles. The monoisotopic (exact) mass is 98.1 g/mol. The van der Waals surface area contributed by atoms with Gasteiger partial charge in [0, 0.05) is 0 Å².